The first kappa shape index (κ1) is 19.5. The van der Waals surface area contributed by atoms with Gasteiger partial charge in [-0.3, -0.25) is 0 Å². The Morgan fingerprint density at radius 1 is 1.07 bits per heavy atom. The van der Waals surface area contributed by atoms with Gasteiger partial charge in [-0.05, 0) is 79.3 Å². The Morgan fingerprint density at radius 2 is 1.83 bits per heavy atom. The third kappa shape index (κ3) is 4.60. The summed E-state index contributed by atoms with van der Waals surface area (Å²) in [6.07, 6.45) is 3.34. The molecule has 1 N–H and O–H groups in total. The summed E-state index contributed by atoms with van der Waals surface area (Å²) in [6.45, 7) is 2.60. The first-order valence-corrected chi connectivity index (χ1v) is 10.2. The first-order chi connectivity index (χ1) is 14.1. The van der Waals surface area contributed by atoms with Gasteiger partial charge in [0.15, 0.2) is 0 Å². The van der Waals surface area contributed by atoms with Crippen LogP contribution in [0.5, 0.6) is 5.75 Å². The molecule has 0 spiro atoms. The number of rotatable bonds is 6. The largest absolute Gasteiger partial charge is 0.488 e. The van der Waals surface area contributed by atoms with Crippen LogP contribution in [0.15, 0.2) is 60.7 Å². The number of hydrogen-bond acceptors (Lipinski definition) is 3. The molecule has 1 aliphatic heterocycles. The number of likely N-dealkylation sites (tertiary alicyclic amines) is 1. The minimum Gasteiger partial charge on any atom is -0.488 e. The topological polar surface area (TPSA) is 49.8 Å². The number of nitrogens with zero attached hydrogens (tertiary/aromatic N) is 1. The second-order valence-corrected chi connectivity index (χ2v) is 8.01. The molecule has 1 fully saturated rings. The number of aromatic carboxylic acids is 1. The number of piperidine rings is 1. The third-order valence-electron chi connectivity index (χ3n) is 5.90. The zero-order valence-electron chi connectivity index (χ0n) is 16.8. The van der Waals surface area contributed by atoms with Gasteiger partial charge >= 0.3 is 5.97 Å². The molecule has 0 aromatic heterocycles. The second-order valence-electron chi connectivity index (χ2n) is 8.01. The van der Waals surface area contributed by atoms with Gasteiger partial charge in [0, 0.05) is 0 Å². The van der Waals surface area contributed by atoms with E-state index in [0.717, 1.165) is 41.4 Å². The van der Waals surface area contributed by atoms with Crippen molar-refractivity contribution in [3.8, 4) is 5.75 Å². The molecule has 4 rings (SSSR count). The van der Waals surface area contributed by atoms with E-state index < -0.39 is 5.97 Å². The average molecular weight is 389 g/mol. The van der Waals surface area contributed by atoms with Crippen LogP contribution in [0.4, 0.5) is 0 Å². The highest BCUT2D eigenvalue weighted by molar-refractivity contribution is 5.91. The maximum atomic E-state index is 11.7. The van der Waals surface area contributed by atoms with E-state index in [9.17, 15) is 9.90 Å². The lowest BCUT2D eigenvalue weighted by Crippen LogP contribution is -2.30. The maximum absolute atomic E-state index is 11.7. The molecular weight excluding hydrogens is 362 g/mol. The predicted octanol–water partition coefficient (Wildman–Crippen LogP) is 5.00. The van der Waals surface area contributed by atoms with Crippen molar-refractivity contribution >= 4 is 16.7 Å². The van der Waals surface area contributed by atoms with E-state index in [-0.39, 0.29) is 5.56 Å². The number of ether oxygens (including phenoxy) is 1. The highest BCUT2D eigenvalue weighted by Crippen LogP contribution is 2.27. The number of carboxylic acid groups (broad SMARTS) is 1. The van der Waals surface area contributed by atoms with Crippen LogP contribution in [0.25, 0.3) is 10.8 Å². The van der Waals surface area contributed by atoms with Crippen LogP contribution in [0.2, 0.25) is 0 Å². The fourth-order valence-electron chi connectivity index (χ4n) is 4.16. The third-order valence-corrected chi connectivity index (χ3v) is 5.90. The second kappa shape index (κ2) is 8.66. The van der Waals surface area contributed by atoms with Gasteiger partial charge in [-0.15, -0.1) is 0 Å². The molecule has 150 valence electrons. The molecule has 0 aliphatic carbocycles. The monoisotopic (exact) mass is 389 g/mol. The highest BCUT2D eigenvalue weighted by Gasteiger charge is 2.19. The molecule has 3 aromatic rings. The number of benzene rings is 3. The Bertz CT molecular complexity index is 1000. The van der Waals surface area contributed by atoms with E-state index >= 15 is 0 Å². The van der Waals surface area contributed by atoms with Gasteiger partial charge in [-0.25, -0.2) is 4.79 Å². The van der Waals surface area contributed by atoms with Crippen LogP contribution in [0.1, 0.15) is 34.3 Å². The molecule has 29 heavy (non-hydrogen) atoms. The van der Waals surface area contributed by atoms with Gasteiger partial charge in [0.25, 0.3) is 0 Å². The summed E-state index contributed by atoms with van der Waals surface area (Å²) in [6, 6.07) is 19.8. The maximum Gasteiger partial charge on any atom is 0.339 e. The Labute approximate surface area is 171 Å². The first-order valence-electron chi connectivity index (χ1n) is 10.2. The standard InChI is InChI=1S/C25H27NO3/c1-26-13-11-18(12-14-26)15-19-9-10-23(25(27)28)24(16-19)29-17-21-7-4-6-20-5-2-3-8-22(20)21/h2-10,16,18H,11-15,17H2,1H3,(H,27,28). The zero-order chi connectivity index (χ0) is 20.2. The molecule has 1 saturated heterocycles. The normalized spacial score (nSPS) is 15.5. The van der Waals surface area contributed by atoms with Crippen LogP contribution in [0.3, 0.4) is 0 Å². The molecule has 0 atom stereocenters. The zero-order valence-corrected chi connectivity index (χ0v) is 16.8. The summed E-state index contributed by atoms with van der Waals surface area (Å²) in [5.74, 6) is 0.146. The van der Waals surface area contributed by atoms with Crippen molar-refractivity contribution in [3.05, 3.63) is 77.4 Å². The Hall–Kier alpha value is -2.85. The summed E-state index contributed by atoms with van der Waals surface area (Å²) in [4.78, 5) is 14.1. The number of fused-ring (bicyclic) bond motifs is 1. The highest BCUT2D eigenvalue weighted by atomic mass is 16.5. The molecular formula is C25H27NO3. The van der Waals surface area contributed by atoms with Crippen molar-refractivity contribution in [3.63, 3.8) is 0 Å². The minimum atomic E-state index is -0.955. The average Bonchev–Trinajstić information content (AvgIpc) is 2.74. The minimum absolute atomic E-state index is 0.220. The summed E-state index contributed by atoms with van der Waals surface area (Å²) < 4.78 is 6.05. The number of carboxylic acids is 1. The predicted molar refractivity (Wildman–Crippen MR) is 116 cm³/mol. The Kier molecular flexibility index (Phi) is 5.81. The van der Waals surface area contributed by atoms with E-state index in [1.54, 1.807) is 6.07 Å². The van der Waals surface area contributed by atoms with E-state index in [1.165, 1.54) is 12.8 Å². The van der Waals surface area contributed by atoms with Crippen molar-refractivity contribution in [2.24, 2.45) is 5.92 Å². The quantitative estimate of drug-likeness (QED) is 0.644. The molecule has 4 heteroatoms. The van der Waals surface area contributed by atoms with Crippen molar-refractivity contribution in [1.82, 2.24) is 4.90 Å². The molecule has 3 aromatic carbocycles. The summed E-state index contributed by atoms with van der Waals surface area (Å²) in [5, 5.41) is 11.9. The van der Waals surface area contributed by atoms with Crippen LogP contribution in [-0.2, 0) is 13.0 Å². The molecule has 0 amide bonds. The molecule has 4 nitrogen and oxygen atoms in total. The molecule has 0 bridgehead atoms. The van der Waals surface area contributed by atoms with Crippen LogP contribution in [0, 0.1) is 5.92 Å². The Balaban J connectivity index is 1.54. The van der Waals surface area contributed by atoms with Gasteiger partial charge in [-0.2, -0.15) is 0 Å². The van der Waals surface area contributed by atoms with E-state index in [1.807, 2.05) is 36.4 Å². The van der Waals surface area contributed by atoms with Gasteiger partial charge < -0.3 is 14.7 Å². The van der Waals surface area contributed by atoms with Gasteiger partial charge in [0.05, 0.1) is 0 Å². The van der Waals surface area contributed by atoms with E-state index in [4.69, 9.17) is 4.74 Å². The van der Waals surface area contributed by atoms with Gasteiger partial charge in [0.1, 0.15) is 17.9 Å². The lowest BCUT2D eigenvalue weighted by Gasteiger charge is -2.29. The van der Waals surface area contributed by atoms with Crippen molar-refractivity contribution < 1.29 is 14.6 Å². The lowest BCUT2D eigenvalue weighted by molar-refractivity contribution is 0.0691. The molecule has 0 radical (unpaired) electrons. The van der Waals surface area contributed by atoms with Crippen LogP contribution >= 0.6 is 0 Å². The van der Waals surface area contributed by atoms with Crippen molar-refractivity contribution in [1.29, 1.82) is 0 Å². The van der Waals surface area contributed by atoms with E-state index in [2.05, 4.69) is 30.1 Å². The molecule has 0 saturated carbocycles. The summed E-state index contributed by atoms with van der Waals surface area (Å²) in [7, 11) is 2.16. The van der Waals surface area contributed by atoms with E-state index in [0.29, 0.717) is 18.3 Å². The summed E-state index contributed by atoms with van der Waals surface area (Å²) in [5.41, 5.74) is 2.43. The fourth-order valence-corrected chi connectivity index (χ4v) is 4.16. The van der Waals surface area contributed by atoms with Crippen molar-refractivity contribution in [2.45, 2.75) is 25.9 Å². The molecule has 1 heterocycles. The van der Waals surface area contributed by atoms with Crippen molar-refractivity contribution in [2.75, 3.05) is 20.1 Å². The lowest BCUT2D eigenvalue weighted by atomic mass is 9.90. The van der Waals surface area contributed by atoms with Crippen LogP contribution in [-0.4, -0.2) is 36.1 Å². The van der Waals surface area contributed by atoms with Crippen LogP contribution < -0.4 is 4.74 Å². The SMILES string of the molecule is CN1CCC(Cc2ccc(C(=O)O)c(OCc3cccc4ccccc34)c2)CC1. The summed E-state index contributed by atoms with van der Waals surface area (Å²) >= 11 is 0. The fraction of sp³-hybridized carbons (Fsp3) is 0.320. The molecule has 0 unspecified atom stereocenters. The molecule has 1 aliphatic rings. The van der Waals surface area contributed by atoms with Gasteiger partial charge in [0.2, 0.25) is 0 Å². The number of carbonyl (C=O) groups is 1. The Morgan fingerprint density at radius 3 is 2.62 bits per heavy atom. The number of hydrogen-bond donors (Lipinski definition) is 1. The smallest absolute Gasteiger partial charge is 0.339 e. The van der Waals surface area contributed by atoms with Gasteiger partial charge in [-0.1, -0.05) is 48.5 Å².